The molecule has 1 aromatic carbocycles. The van der Waals surface area contributed by atoms with Crippen molar-refractivity contribution in [2.45, 2.75) is 19.8 Å². The number of benzene rings is 1. The fourth-order valence-corrected chi connectivity index (χ4v) is 2.90. The number of urea groups is 1. The molecule has 22 heavy (non-hydrogen) atoms. The Hall–Kier alpha value is -1.79. The number of nitrogens with zero attached hydrogens (tertiary/aromatic N) is 1. The molecule has 5 nitrogen and oxygen atoms in total. The number of halogens is 1. The number of amides is 2. The minimum absolute atomic E-state index is 0.163. The lowest BCUT2D eigenvalue weighted by atomic mass is 10.2. The van der Waals surface area contributed by atoms with Gasteiger partial charge in [-0.2, -0.15) is 0 Å². The summed E-state index contributed by atoms with van der Waals surface area (Å²) >= 11 is 7.68. The second-order valence-electron chi connectivity index (χ2n) is 4.91. The molecule has 2 N–H and O–H groups in total. The maximum absolute atomic E-state index is 11.9. The molecule has 0 saturated carbocycles. The number of carbonyl (C=O) groups excluding carboxylic acids is 1. The first kappa shape index (κ1) is 16.6. The van der Waals surface area contributed by atoms with Crippen LogP contribution in [-0.4, -0.2) is 24.7 Å². The van der Waals surface area contributed by atoms with E-state index in [2.05, 4.69) is 15.6 Å². The normalized spacial score (nSPS) is 11.8. The minimum Gasteiger partial charge on any atom is -0.497 e. The summed E-state index contributed by atoms with van der Waals surface area (Å²) in [5.41, 5.74) is 1.54. The van der Waals surface area contributed by atoms with Gasteiger partial charge in [-0.05, 0) is 19.1 Å². The van der Waals surface area contributed by atoms with Crippen LogP contribution in [0.15, 0.2) is 23.6 Å². The van der Waals surface area contributed by atoms with Crippen LogP contribution in [0.5, 0.6) is 5.75 Å². The lowest BCUT2D eigenvalue weighted by Gasteiger charge is -2.12. The molecule has 0 bridgehead atoms. The van der Waals surface area contributed by atoms with Gasteiger partial charge in [-0.25, -0.2) is 9.78 Å². The van der Waals surface area contributed by atoms with Crippen molar-refractivity contribution in [1.82, 2.24) is 10.3 Å². The highest BCUT2D eigenvalue weighted by Crippen LogP contribution is 2.26. The van der Waals surface area contributed by atoms with Gasteiger partial charge in [0.25, 0.3) is 0 Å². The Kier molecular flexibility index (Phi) is 5.63. The van der Waals surface area contributed by atoms with E-state index in [-0.39, 0.29) is 11.9 Å². The lowest BCUT2D eigenvalue weighted by Crippen LogP contribution is -2.31. The molecule has 0 unspecified atom stereocenters. The fraction of sp³-hybridized carbons (Fsp3) is 0.333. The summed E-state index contributed by atoms with van der Waals surface area (Å²) in [6, 6.07) is 4.79. The monoisotopic (exact) mass is 339 g/mol. The zero-order chi connectivity index (χ0) is 16.1. The number of methoxy groups -OCH3 is 1. The molecule has 0 aliphatic rings. The maximum atomic E-state index is 11.9. The summed E-state index contributed by atoms with van der Waals surface area (Å²) in [6.45, 7) is 4.49. The number of anilines is 1. The first-order valence-corrected chi connectivity index (χ1v) is 8.05. The van der Waals surface area contributed by atoms with Crippen molar-refractivity contribution in [3.63, 3.8) is 0 Å². The predicted molar refractivity (Wildman–Crippen MR) is 90.3 cm³/mol. The third-order valence-electron chi connectivity index (χ3n) is 3.05. The van der Waals surface area contributed by atoms with Crippen LogP contribution in [0, 0.1) is 6.92 Å². The number of ether oxygens (including phenoxy) is 1. The SMILES string of the molecule is COc1ccc(NC(=O)NC[C@H](C)c2nc(C)cs2)c(Cl)c1. The minimum atomic E-state index is -0.299. The van der Waals surface area contributed by atoms with Crippen LogP contribution >= 0.6 is 22.9 Å². The Morgan fingerprint density at radius 3 is 2.86 bits per heavy atom. The summed E-state index contributed by atoms with van der Waals surface area (Å²) in [5.74, 6) is 0.805. The number of nitrogens with one attached hydrogen (secondary N) is 2. The van der Waals surface area contributed by atoms with Gasteiger partial charge in [-0.1, -0.05) is 18.5 Å². The number of carbonyl (C=O) groups is 1. The third kappa shape index (κ3) is 4.35. The summed E-state index contributed by atoms with van der Waals surface area (Å²) in [7, 11) is 1.56. The quantitative estimate of drug-likeness (QED) is 0.864. The van der Waals surface area contributed by atoms with Gasteiger partial charge in [-0.15, -0.1) is 11.3 Å². The molecule has 0 aliphatic heterocycles. The first-order chi connectivity index (χ1) is 10.5. The zero-order valence-electron chi connectivity index (χ0n) is 12.6. The zero-order valence-corrected chi connectivity index (χ0v) is 14.2. The largest absolute Gasteiger partial charge is 0.497 e. The van der Waals surface area contributed by atoms with Gasteiger partial charge in [0.1, 0.15) is 5.75 Å². The Labute approximate surface area is 138 Å². The molecule has 2 aromatic rings. The van der Waals surface area contributed by atoms with Crippen molar-refractivity contribution in [3.05, 3.63) is 39.3 Å². The molecule has 1 aromatic heterocycles. The highest BCUT2D eigenvalue weighted by atomic mass is 35.5. The van der Waals surface area contributed by atoms with Gasteiger partial charge in [0.15, 0.2) is 0 Å². The van der Waals surface area contributed by atoms with E-state index < -0.39 is 0 Å². The van der Waals surface area contributed by atoms with Gasteiger partial charge in [0, 0.05) is 29.6 Å². The Bertz CT molecular complexity index is 660. The van der Waals surface area contributed by atoms with Crippen LogP contribution in [0.4, 0.5) is 10.5 Å². The molecule has 0 aliphatic carbocycles. The molecule has 0 saturated heterocycles. The van der Waals surface area contributed by atoms with E-state index in [9.17, 15) is 4.79 Å². The van der Waals surface area contributed by atoms with Crippen LogP contribution in [0.2, 0.25) is 5.02 Å². The Morgan fingerprint density at radius 1 is 1.50 bits per heavy atom. The van der Waals surface area contributed by atoms with Crippen molar-refractivity contribution >= 4 is 34.7 Å². The Balaban J connectivity index is 1.88. The predicted octanol–water partition coefficient (Wildman–Crippen LogP) is 4.04. The number of aromatic nitrogens is 1. The second-order valence-corrected chi connectivity index (χ2v) is 6.21. The third-order valence-corrected chi connectivity index (χ3v) is 4.56. The number of aryl methyl sites for hydroxylation is 1. The van der Waals surface area contributed by atoms with Gasteiger partial charge >= 0.3 is 6.03 Å². The molecule has 0 fully saturated rings. The average molecular weight is 340 g/mol. The molecule has 7 heteroatoms. The Morgan fingerprint density at radius 2 is 2.27 bits per heavy atom. The van der Waals surface area contributed by atoms with E-state index in [1.807, 2.05) is 19.2 Å². The van der Waals surface area contributed by atoms with Crippen LogP contribution in [-0.2, 0) is 0 Å². The van der Waals surface area contributed by atoms with Crippen molar-refractivity contribution in [3.8, 4) is 5.75 Å². The number of hydrogen-bond donors (Lipinski definition) is 2. The average Bonchev–Trinajstić information content (AvgIpc) is 2.93. The number of thiazole rings is 1. The topological polar surface area (TPSA) is 63.2 Å². The highest BCUT2D eigenvalue weighted by Gasteiger charge is 2.12. The molecule has 1 atom stereocenters. The molecular formula is C15H18ClN3O2S. The first-order valence-electron chi connectivity index (χ1n) is 6.80. The van der Waals surface area contributed by atoms with Crippen molar-refractivity contribution in [1.29, 1.82) is 0 Å². The summed E-state index contributed by atoms with van der Waals surface area (Å²) in [5, 5.41) is 8.99. The summed E-state index contributed by atoms with van der Waals surface area (Å²) in [6.07, 6.45) is 0. The van der Waals surface area contributed by atoms with Crippen molar-refractivity contribution in [2.75, 3.05) is 19.0 Å². The van der Waals surface area contributed by atoms with E-state index in [0.29, 0.717) is 23.0 Å². The van der Waals surface area contributed by atoms with Gasteiger partial charge in [0.05, 0.1) is 22.8 Å². The van der Waals surface area contributed by atoms with Crippen molar-refractivity contribution in [2.24, 2.45) is 0 Å². The van der Waals surface area contributed by atoms with Crippen LogP contribution in [0.25, 0.3) is 0 Å². The van der Waals surface area contributed by atoms with Gasteiger partial charge < -0.3 is 15.4 Å². The molecule has 0 spiro atoms. The molecule has 0 radical (unpaired) electrons. The van der Waals surface area contributed by atoms with E-state index in [4.69, 9.17) is 16.3 Å². The van der Waals surface area contributed by atoms with Crippen LogP contribution in [0.3, 0.4) is 0 Å². The van der Waals surface area contributed by atoms with Crippen LogP contribution < -0.4 is 15.4 Å². The molecule has 2 rings (SSSR count). The van der Waals surface area contributed by atoms with E-state index in [1.165, 1.54) is 0 Å². The second kappa shape index (κ2) is 7.47. The number of hydrogen-bond acceptors (Lipinski definition) is 4. The molecule has 118 valence electrons. The highest BCUT2D eigenvalue weighted by molar-refractivity contribution is 7.09. The van der Waals surface area contributed by atoms with Gasteiger partial charge in [0.2, 0.25) is 0 Å². The standard InChI is InChI=1S/C15H18ClN3O2S/c1-9(14-18-10(2)8-22-14)7-17-15(20)19-13-5-4-11(21-3)6-12(13)16/h4-6,8-9H,7H2,1-3H3,(H2,17,19,20)/t9-/m0/s1. The molecule has 2 amide bonds. The summed E-state index contributed by atoms with van der Waals surface area (Å²) in [4.78, 5) is 16.3. The van der Waals surface area contributed by atoms with E-state index >= 15 is 0 Å². The van der Waals surface area contributed by atoms with Gasteiger partial charge in [-0.3, -0.25) is 0 Å². The lowest BCUT2D eigenvalue weighted by molar-refractivity contribution is 0.251. The van der Waals surface area contributed by atoms with E-state index in [0.717, 1.165) is 10.7 Å². The van der Waals surface area contributed by atoms with E-state index in [1.54, 1.807) is 36.6 Å². The fourth-order valence-electron chi connectivity index (χ4n) is 1.82. The maximum Gasteiger partial charge on any atom is 0.319 e. The number of rotatable bonds is 5. The van der Waals surface area contributed by atoms with Crippen molar-refractivity contribution < 1.29 is 9.53 Å². The van der Waals surface area contributed by atoms with Crippen LogP contribution in [0.1, 0.15) is 23.5 Å². The molecular weight excluding hydrogens is 322 g/mol. The smallest absolute Gasteiger partial charge is 0.319 e. The summed E-state index contributed by atoms with van der Waals surface area (Å²) < 4.78 is 5.07. The molecule has 1 heterocycles.